The number of imide groups is 1. The van der Waals surface area contributed by atoms with E-state index in [1.54, 1.807) is 25.3 Å². The van der Waals surface area contributed by atoms with Crippen molar-refractivity contribution in [2.45, 2.75) is 56.5 Å². The smallest absolute Gasteiger partial charge is 0.251 e. The Balaban J connectivity index is 1.38. The van der Waals surface area contributed by atoms with Crippen molar-refractivity contribution in [1.29, 1.82) is 0 Å². The highest BCUT2D eigenvalue weighted by atomic mass is 16.5. The highest BCUT2D eigenvalue weighted by molar-refractivity contribution is 6.23. The Hall–Kier alpha value is -2.08. The number of carbonyl (C=O) groups is 2. The molecule has 6 rings (SSSR count). The fourth-order valence-electron chi connectivity index (χ4n) is 6.62. The first-order chi connectivity index (χ1) is 13.5. The molecular formula is C22H28N2O4. The molecule has 1 atom stereocenters. The largest absolute Gasteiger partial charge is 0.497 e. The first-order valence-corrected chi connectivity index (χ1v) is 10.4. The maximum atomic E-state index is 13.2. The molecule has 4 bridgehead atoms. The number of rotatable bonds is 5. The number of nitrogens with one attached hydrogen (secondary N) is 1. The third-order valence-corrected chi connectivity index (χ3v) is 7.29. The summed E-state index contributed by atoms with van der Waals surface area (Å²) >= 11 is 0. The van der Waals surface area contributed by atoms with Gasteiger partial charge in [-0.3, -0.25) is 14.9 Å². The second-order valence-corrected chi connectivity index (χ2v) is 9.20. The van der Waals surface area contributed by atoms with Gasteiger partial charge in [0.15, 0.2) is 0 Å². The predicted octanol–water partition coefficient (Wildman–Crippen LogP) is 2.89. The molecule has 0 unspecified atom stereocenters. The van der Waals surface area contributed by atoms with Gasteiger partial charge in [0.1, 0.15) is 11.5 Å². The van der Waals surface area contributed by atoms with E-state index in [0.717, 1.165) is 37.0 Å². The molecule has 1 aromatic carbocycles. The monoisotopic (exact) mass is 384 g/mol. The van der Waals surface area contributed by atoms with Crippen LogP contribution in [0, 0.1) is 17.8 Å². The highest BCUT2D eigenvalue weighted by Crippen LogP contribution is 2.56. The van der Waals surface area contributed by atoms with E-state index < -0.39 is 6.04 Å². The van der Waals surface area contributed by atoms with Crippen molar-refractivity contribution < 1.29 is 19.1 Å². The van der Waals surface area contributed by atoms with Gasteiger partial charge in [-0.15, -0.1) is 0 Å². The number of ether oxygens (including phenoxy) is 2. The van der Waals surface area contributed by atoms with E-state index in [4.69, 9.17) is 9.47 Å². The number of benzene rings is 1. The molecular weight excluding hydrogens is 356 g/mol. The number of hydrogen-bond acceptors (Lipinski definition) is 5. The maximum absolute atomic E-state index is 13.2. The third kappa shape index (κ3) is 2.81. The van der Waals surface area contributed by atoms with Gasteiger partial charge in [0.05, 0.1) is 32.4 Å². The fraction of sp³-hybridized carbons (Fsp3) is 0.636. The number of nitrogens with zero attached hydrogens (tertiary/aromatic N) is 1. The molecule has 5 aliphatic rings. The van der Waals surface area contributed by atoms with Gasteiger partial charge in [-0.2, -0.15) is 0 Å². The van der Waals surface area contributed by atoms with Crippen LogP contribution in [0.1, 0.15) is 44.9 Å². The summed E-state index contributed by atoms with van der Waals surface area (Å²) in [7, 11) is 3.11. The summed E-state index contributed by atoms with van der Waals surface area (Å²) in [6.07, 6.45) is 7.75. The van der Waals surface area contributed by atoms with Crippen molar-refractivity contribution in [1.82, 2.24) is 5.32 Å². The molecule has 1 aromatic rings. The van der Waals surface area contributed by atoms with Crippen molar-refractivity contribution in [3.05, 3.63) is 18.2 Å². The normalized spacial score (nSPS) is 36.3. The molecule has 4 saturated carbocycles. The van der Waals surface area contributed by atoms with Crippen molar-refractivity contribution >= 4 is 17.5 Å². The van der Waals surface area contributed by atoms with Gasteiger partial charge in [-0.1, -0.05) is 0 Å². The first kappa shape index (κ1) is 18.0. The Bertz CT molecular complexity index is 785. The second-order valence-electron chi connectivity index (χ2n) is 9.20. The Kier molecular flexibility index (Phi) is 4.16. The van der Waals surface area contributed by atoms with E-state index in [1.165, 1.54) is 31.3 Å². The van der Waals surface area contributed by atoms with Gasteiger partial charge in [-0.05, 0) is 68.4 Å². The molecule has 0 spiro atoms. The van der Waals surface area contributed by atoms with Crippen LogP contribution in [0.25, 0.3) is 0 Å². The zero-order valence-corrected chi connectivity index (χ0v) is 16.6. The third-order valence-electron chi connectivity index (χ3n) is 7.29. The van der Waals surface area contributed by atoms with Crippen LogP contribution in [0.3, 0.4) is 0 Å². The van der Waals surface area contributed by atoms with Crippen LogP contribution in [0.4, 0.5) is 5.69 Å². The summed E-state index contributed by atoms with van der Waals surface area (Å²) in [5.74, 6) is 3.15. The van der Waals surface area contributed by atoms with Crippen molar-refractivity contribution in [3.8, 4) is 11.5 Å². The highest BCUT2D eigenvalue weighted by Gasteiger charge is 2.53. The Labute approximate surface area is 165 Å². The summed E-state index contributed by atoms with van der Waals surface area (Å²) < 4.78 is 10.6. The molecule has 0 radical (unpaired) electrons. The SMILES string of the molecule is COc1ccc(N2C(=O)C[C@@H](NC34CC5CC(CC(C5)C3)C4)C2=O)c(OC)c1. The quantitative estimate of drug-likeness (QED) is 0.791. The number of methoxy groups -OCH3 is 2. The molecule has 4 aliphatic carbocycles. The van der Waals surface area contributed by atoms with Crippen LogP contribution in [0.2, 0.25) is 0 Å². The number of amides is 2. The zero-order chi connectivity index (χ0) is 19.5. The fourth-order valence-corrected chi connectivity index (χ4v) is 6.62. The zero-order valence-electron chi connectivity index (χ0n) is 16.6. The lowest BCUT2D eigenvalue weighted by atomic mass is 9.53. The number of carbonyl (C=O) groups excluding carboxylic acids is 2. The molecule has 150 valence electrons. The summed E-state index contributed by atoms with van der Waals surface area (Å²) in [5, 5.41) is 3.69. The minimum atomic E-state index is -0.435. The Morgan fingerprint density at radius 2 is 1.64 bits per heavy atom. The van der Waals surface area contributed by atoms with Crippen LogP contribution < -0.4 is 19.7 Å². The molecule has 1 N–H and O–H groups in total. The van der Waals surface area contributed by atoms with E-state index in [2.05, 4.69) is 5.32 Å². The molecule has 1 heterocycles. The minimum Gasteiger partial charge on any atom is -0.497 e. The van der Waals surface area contributed by atoms with Crippen LogP contribution in [0.5, 0.6) is 11.5 Å². The van der Waals surface area contributed by atoms with Crippen molar-refractivity contribution in [2.75, 3.05) is 19.1 Å². The van der Waals surface area contributed by atoms with Crippen LogP contribution in [-0.4, -0.2) is 37.6 Å². The van der Waals surface area contributed by atoms with E-state index in [-0.39, 0.29) is 23.8 Å². The molecule has 6 nitrogen and oxygen atoms in total. The van der Waals surface area contributed by atoms with Crippen molar-refractivity contribution in [3.63, 3.8) is 0 Å². The van der Waals surface area contributed by atoms with Crippen LogP contribution >= 0.6 is 0 Å². The molecule has 6 heteroatoms. The van der Waals surface area contributed by atoms with Gasteiger partial charge in [0, 0.05) is 11.6 Å². The van der Waals surface area contributed by atoms with Gasteiger partial charge in [0.25, 0.3) is 5.91 Å². The average Bonchev–Trinajstić information content (AvgIpc) is 2.92. The summed E-state index contributed by atoms with van der Waals surface area (Å²) in [6.45, 7) is 0. The lowest BCUT2D eigenvalue weighted by Gasteiger charge is -2.57. The Morgan fingerprint density at radius 3 is 2.21 bits per heavy atom. The first-order valence-electron chi connectivity index (χ1n) is 10.4. The molecule has 28 heavy (non-hydrogen) atoms. The molecule has 2 amide bonds. The van der Waals surface area contributed by atoms with E-state index in [0.29, 0.717) is 17.2 Å². The average molecular weight is 384 g/mol. The van der Waals surface area contributed by atoms with Gasteiger partial charge in [-0.25, -0.2) is 4.90 Å². The maximum Gasteiger partial charge on any atom is 0.251 e. The van der Waals surface area contributed by atoms with Gasteiger partial charge < -0.3 is 9.47 Å². The number of anilines is 1. The standard InChI is InChI=1S/C22H28N2O4/c1-27-16-3-4-18(19(8-16)28-2)24-20(25)9-17(21(24)26)23-22-10-13-5-14(11-22)7-15(6-13)12-22/h3-4,8,13-15,17,23H,5-7,9-12H2,1-2H3/t13?,14?,15?,17-,22?/m1/s1. The summed E-state index contributed by atoms with van der Waals surface area (Å²) in [5.41, 5.74) is 0.545. The van der Waals surface area contributed by atoms with Crippen LogP contribution in [0.15, 0.2) is 18.2 Å². The van der Waals surface area contributed by atoms with E-state index >= 15 is 0 Å². The molecule has 0 aromatic heterocycles. The number of hydrogen-bond donors (Lipinski definition) is 1. The van der Waals surface area contributed by atoms with Gasteiger partial charge >= 0.3 is 0 Å². The molecule has 1 aliphatic heterocycles. The van der Waals surface area contributed by atoms with Crippen LogP contribution in [-0.2, 0) is 9.59 Å². The topological polar surface area (TPSA) is 67.9 Å². The van der Waals surface area contributed by atoms with Crippen molar-refractivity contribution in [2.24, 2.45) is 17.8 Å². The lowest BCUT2D eigenvalue weighted by Crippen LogP contribution is -2.61. The van der Waals surface area contributed by atoms with E-state index in [9.17, 15) is 9.59 Å². The summed E-state index contributed by atoms with van der Waals surface area (Å²) in [6, 6.07) is 4.74. The molecule has 5 fully saturated rings. The second kappa shape index (κ2) is 6.48. The minimum absolute atomic E-state index is 0.0510. The lowest BCUT2D eigenvalue weighted by molar-refractivity contribution is -0.122. The molecule has 1 saturated heterocycles. The summed E-state index contributed by atoms with van der Waals surface area (Å²) in [4.78, 5) is 27.3. The predicted molar refractivity (Wildman–Crippen MR) is 104 cm³/mol. The Morgan fingerprint density at radius 1 is 1.00 bits per heavy atom. The van der Waals surface area contributed by atoms with Gasteiger partial charge in [0.2, 0.25) is 5.91 Å². The van der Waals surface area contributed by atoms with E-state index in [1.807, 2.05) is 0 Å².